The summed E-state index contributed by atoms with van der Waals surface area (Å²) in [7, 11) is 0. The van der Waals surface area contributed by atoms with E-state index in [9.17, 15) is 14.4 Å². The highest BCUT2D eigenvalue weighted by Crippen LogP contribution is 2.35. The number of pyridine rings is 1. The summed E-state index contributed by atoms with van der Waals surface area (Å²) in [5.41, 5.74) is 3.40. The van der Waals surface area contributed by atoms with Crippen LogP contribution in [-0.2, 0) is 17.8 Å². The quantitative estimate of drug-likeness (QED) is 0.853. The smallest absolute Gasteiger partial charge is 0.251 e. The Morgan fingerprint density at radius 2 is 2.11 bits per heavy atom. The van der Waals surface area contributed by atoms with Crippen LogP contribution in [0, 0.1) is 0 Å². The van der Waals surface area contributed by atoms with Gasteiger partial charge in [0.15, 0.2) is 5.78 Å². The first-order valence-corrected chi connectivity index (χ1v) is 9.81. The van der Waals surface area contributed by atoms with E-state index in [2.05, 4.69) is 15.6 Å². The number of aromatic nitrogens is 1. The molecule has 0 saturated carbocycles. The second-order valence-corrected chi connectivity index (χ2v) is 8.10. The number of nitrogens with one attached hydrogen (secondary N) is 2. The monoisotopic (exact) mass is 381 g/mol. The van der Waals surface area contributed by atoms with Crippen molar-refractivity contribution in [3.63, 3.8) is 0 Å². The highest BCUT2D eigenvalue weighted by molar-refractivity contribution is 8.00. The molecule has 1 aliphatic carbocycles. The maximum absolute atomic E-state index is 12.5. The summed E-state index contributed by atoms with van der Waals surface area (Å²) in [5.74, 6) is -0.147. The van der Waals surface area contributed by atoms with Crippen molar-refractivity contribution in [2.45, 2.75) is 42.9 Å². The molecule has 2 N–H and O–H groups in total. The lowest BCUT2D eigenvalue weighted by Crippen LogP contribution is -2.27. The first-order chi connectivity index (χ1) is 13.0. The highest BCUT2D eigenvalue weighted by Gasteiger charge is 2.24. The maximum Gasteiger partial charge on any atom is 0.251 e. The average molecular weight is 381 g/mol. The Morgan fingerprint density at radius 1 is 1.26 bits per heavy atom. The Hall–Kier alpha value is -2.67. The molecule has 0 unspecified atom stereocenters. The molecule has 27 heavy (non-hydrogen) atoms. The predicted molar refractivity (Wildman–Crippen MR) is 103 cm³/mol. The van der Waals surface area contributed by atoms with Gasteiger partial charge in [0.25, 0.3) is 5.91 Å². The number of rotatable bonds is 3. The number of carbonyl (C=O) groups is 3. The second kappa shape index (κ2) is 7.15. The van der Waals surface area contributed by atoms with Gasteiger partial charge in [-0.05, 0) is 50.1 Å². The lowest BCUT2D eigenvalue weighted by molar-refractivity contribution is -0.115. The van der Waals surface area contributed by atoms with Gasteiger partial charge in [0.05, 0.1) is 28.9 Å². The number of benzene rings is 1. The van der Waals surface area contributed by atoms with Gasteiger partial charge in [0, 0.05) is 22.4 Å². The van der Waals surface area contributed by atoms with Crippen molar-refractivity contribution in [3.8, 4) is 0 Å². The molecule has 2 aromatic rings. The van der Waals surface area contributed by atoms with Gasteiger partial charge in [-0.1, -0.05) is 0 Å². The van der Waals surface area contributed by atoms with Crippen molar-refractivity contribution in [2.75, 3.05) is 5.32 Å². The molecule has 0 fully saturated rings. The van der Waals surface area contributed by atoms with Crippen LogP contribution in [0.25, 0.3) is 0 Å². The van der Waals surface area contributed by atoms with Gasteiger partial charge in [-0.15, -0.1) is 11.8 Å². The largest absolute Gasteiger partial charge is 0.346 e. The van der Waals surface area contributed by atoms with Gasteiger partial charge in [-0.3, -0.25) is 19.4 Å². The van der Waals surface area contributed by atoms with E-state index in [-0.39, 0.29) is 29.4 Å². The zero-order valence-electron chi connectivity index (χ0n) is 14.9. The fraction of sp³-hybridized carbons (Fsp3) is 0.300. The summed E-state index contributed by atoms with van der Waals surface area (Å²) in [6.07, 6.45) is 2.20. The number of fused-ring (bicyclic) bond motifs is 2. The first-order valence-electron chi connectivity index (χ1n) is 8.93. The summed E-state index contributed by atoms with van der Waals surface area (Å²) in [6, 6.07) is 8.89. The lowest BCUT2D eigenvalue weighted by atomic mass is 9.94. The summed E-state index contributed by atoms with van der Waals surface area (Å²) in [4.78, 5) is 41.6. The third kappa shape index (κ3) is 3.60. The van der Waals surface area contributed by atoms with Crippen LogP contribution < -0.4 is 10.6 Å². The van der Waals surface area contributed by atoms with E-state index in [0.717, 1.165) is 29.1 Å². The fourth-order valence-corrected chi connectivity index (χ4v) is 4.19. The molecule has 0 saturated heterocycles. The molecule has 2 amide bonds. The van der Waals surface area contributed by atoms with E-state index in [0.29, 0.717) is 23.2 Å². The molecule has 4 rings (SSSR count). The minimum Gasteiger partial charge on any atom is -0.346 e. The van der Waals surface area contributed by atoms with Crippen molar-refractivity contribution in [2.24, 2.45) is 0 Å². The molecule has 2 aliphatic rings. The van der Waals surface area contributed by atoms with E-state index < -0.39 is 0 Å². The zero-order chi connectivity index (χ0) is 19.0. The van der Waals surface area contributed by atoms with Crippen LogP contribution in [0.15, 0.2) is 35.2 Å². The van der Waals surface area contributed by atoms with E-state index >= 15 is 0 Å². The van der Waals surface area contributed by atoms with Gasteiger partial charge in [0.2, 0.25) is 5.91 Å². The Labute approximate surface area is 161 Å². The molecule has 0 bridgehead atoms. The summed E-state index contributed by atoms with van der Waals surface area (Å²) in [6.45, 7) is 2.14. The normalized spacial score (nSPS) is 18.3. The summed E-state index contributed by atoms with van der Waals surface area (Å²) >= 11 is 1.48. The lowest BCUT2D eigenvalue weighted by Gasteiger charge is -2.21. The van der Waals surface area contributed by atoms with Crippen LogP contribution >= 0.6 is 11.8 Å². The van der Waals surface area contributed by atoms with Gasteiger partial charge in [0.1, 0.15) is 0 Å². The molecule has 1 atom stereocenters. The number of Topliss-reactive ketones (excluding diaryl/α,β-unsaturated/α-hetero) is 1. The maximum atomic E-state index is 12.5. The molecule has 138 valence electrons. The fourth-order valence-electron chi connectivity index (χ4n) is 3.26. The second-order valence-electron chi connectivity index (χ2n) is 6.72. The van der Waals surface area contributed by atoms with Crippen LogP contribution in [0.2, 0.25) is 0 Å². The molecule has 0 radical (unpaired) electrons. The molecule has 1 aromatic heterocycles. The number of hydrogen-bond donors (Lipinski definition) is 2. The van der Waals surface area contributed by atoms with Gasteiger partial charge in [-0.25, -0.2) is 0 Å². The molecule has 1 aromatic carbocycles. The van der Waals surface area contributed by atoms with E-state index in [1.807, 2.05) is 13.0 Å². The first kappa shape index (κ1) is 17.7. The summed E-state index contributed by atoms with van der Waals surface area (Å²) in [5, 5.41) is 5.55. The third-order valence-corrected chi connectivity index (χ3v) is 5.93. The van der Waals surface area contributed by atoms with Crippen LogP contribution in [0.4, 0.5) is 5.69 Å². The molecular formula is C20H19N3O3S. The molecule has 6 nitrogen and oxygen atoms in total. The molecule has 2 heterocycles. The van der Waals surface area contributed by atoms with Crippen molar-refractivity contribution >= 4 is 35.0 Å². The predicted octanol–water partition coefficient (Wildman–Crippen LogP) is 2.96. The van der Waals surface area contributed by atoms with Crippen molar-refractivity contribution in [3.05, 3.63) is 52.8 Å². The SMILES string of the molecule is C[C@@H]1Sc2ccc(C(=O)NCc3ccc4c(n3)CCCC4=O)cc2NC1=O. The Bertz CT molecular complexity index is 957. The van der Waals surface area contributed by atoms with Crippen LogP contribution in [-0.4, -0.2) is 27.8 Å². The highest BCUT2D eigenvalue weighted by atomic mass is 32.2. The number of thioether (sulfide) groups is 1. The van der Waals surface area contributed by atoms with Gasteiger partial charge in [-0.2, -0.15) is 0 Å². The Morgan fingerprint density at radius 3 is 2.96 bits per heavy atom. The Kier molecular flexibility index (Phi) is 4.70. The number of aryl methyl sites for hydroxylation is 1. The average Bonchev–Trinajstić information content (AvgIpc) is 2.67. The van der Waals surface area contributed by atoms with Gasteiger partial charge < -0.3 is 10.6 Å². The minimum atomic E-state index is -0.230. The number of hydrogen-bond acceptors (Lipinski definition) is 5. The molecule has 1 aliphatic heterocycles. The van der Waals surface area contributed by atoms with Crippen LogP contribution in [0.3, 0.4) is 0 Å². The van der Waals surface area contributed by atoms with E-state index in [1.54, 1.807) is 24.3 Å². The van der Waals surface area contributed by atoms with Crippen LogP contribution in [0.1, 0.15) is 51.9 Å². The molecule has 7 heteroatoms. The number of carbonyl (C=O) groups excluding carboxylic acids is 3. The standard InChI is InChI=1S/C20H19N3O3S/c1-11-19(25)23-16-9-12(5-8-18(16)27-11)20(26)21-10-13-6-7-14-15(22-13)3-2-4-17(14)24/h5-9,11H,2-4,10H2,1H3,(H,21,26)(H,23,25)/t11-/m0/s1. The zero-order valence-corrected chi connectivity index (χ0v) is 15.7. The number of ketones is 1. The van der Waals surface area contributed by atoms with E-state index in [4.69, 9.17) is 0 Å². The number of nitrogens with zero attached hydrogens (tertiary/aromatic N) is 1. The van der Waals surface area contributed by atoms with Gasteiger partial charge >= 0.3 is 0 Å². The van der Waals surface area contributed by atoms with Crippen molar-refractivity contribution in [1.82, 2.24) is 10.3 Å². The topological polar surface area (TPSA) is 88.2 Å². The number of anilines is 1. The minimum absolute atomic E-state index is 0.0575. The van der Waals surface area contributed by atoms with E-state index in [1.165, 1.54) is 11.8 Å². The molecular weight excluding hydrogens is 362 g/mol. The van der Waals surface area contributed by atoms with Crippen molar-refractivity contribution in [1.29, 1.82) is 0 Å². The third-order valence-electron chi connectivity index (χ3n) is 4.75. The summed E-state index contributed by atoms with van der Waals surface area (Å²) < 4.78 is 0. The van der Waals surface area contributed by atoms with Crippen molar-refractivity contribution < 1.29 is 14.4 Å². The van der Waals surface area contributed by atoms with Crippen LogP contribution in [0.5, 0.6) is 0 Å². The number of amides is 2. The Balaban J connectivity index is 1.45. The molecule has 0 spiro atoms.